The Morgan fingerprint density at radius 1 is 0.431 bits per heavy atom. The van der Waals surface area contributed by atoms with E-state index >= 15 is 0 Å². The topological polar surface area (TPSA) is 185 Å². The van der Waals surface area contributed by atoms with Gasteiger partial charge in [0.15, 0.2) is 0 Å². The molecule has 3 aromatic carbocycles. The van der Waals surface area contributed by atoms with Gasteiger partial charge >= 0.3 is 36.4 Å². The predicted octanol–water partition coefficient (Wildman–Crippen LogP) is 7.01. The van der Waals surface area contributed by atoms with Crippen LogP contribution in [0.25, 0.3) is 0 Å². The molecule has 272 valence electrons. The molecule has 0 fully saturated rings. The zero-order valence-corrected chi connectivity index (χ0v) is 29.1. The van der Waals surface area contributed by atoms with Crippen molar-refractivity contribution in [3.8, 4) is 0 Å². The van der Waals surface area contributed by atoms with Crippen molar-refractivity contribution in [2.24, 2.45) is 5.41 Å². The average molecular weight is 711 g/mol. The van der Waals surface area contributed by atoms with Crippen LogP contribution in [0.1, 0.15) is 77.8 Å². The maximum atomic E-state index is 12.5. The zero-order valence-electron chi connectivity index (χ0n) is 29.1. The van der Waals surface area contributed by atoms with Gasteiger partial charge in [-0.15, -0.1) is 0 Å². The lowest BCUT2D eigenvalue weighted by atomic mass is 9.88. The van der Waals surface area contributed by atoms with E-state index in [0.29, 0.717) is 33.4 Å². The normalized spacial score (nSPS) is 10.6. The third kappa shape index (κ3) is 10.9. The molecule has 15 nitrogen and oxygen atoms in total. The number of hydrogen-bond donors (Lipinski definition) is 0. The van der Waals surface area contributed by atoms with Crippen LogP contribution in [0.2, 0.25) is 0 Å². The van der Waals surface area contributed by atoms with Crippen molar-refractivity contribution in [1.29, 1.82) is 0 Å². The molecule has 0 spiro atoms. The Labute approximate surface area is 293 Å². The van der Waals surface area contributed by atoms with Gasteiger partial charge in [0.05, 0.1) is 22.1 Å². The number of benzene rings is 3. The minimum absolute atomic E-state index is 0.00736. The SMILES string of the molecule is CCC(COC(=O)OOC(=O)c1c(C)cccc1C)(COC(=O)OOC(=O)c1c(C)cccc1C)COC(=O)OOC(=O)c1c(C)cccc1C. The second-order valence-electron chi connectivity index (χ2n) is 11.6. The van der Waals surface area contributed by atoms with Crippen molar-refractivity contribution in [2.75, 3.05) is 19.8 Å². The minimum atomic E-state index is -1.51. The molecule has 0 bridgehead atoms. The average Bonchev–Trinajstić information content (AvgIpc) is 3.08. The molecule has 0 aromatic heterocycles. The van der Waals surface area contributed by atoms with E-state index in [4.69, 9.17) is 14.2 Å². The highest BCUT2D eigenvalue weighted by Gasteiger charge is 2.36. The van der Waals surface area contributed by atoms with E-state index in [1.54, 1.807) is 103 Å². The third-order valence-electron chi connectivity index (χ3n) is 7.85. The summed E-state index contributed by atoms with van der Waals surface area (Å²) in [6.45, 7) is 9.65. The highest BCUT2D eigenvalue weighted by molar-refractivity contribution is 5.93. The van der Waals surface area contributed by atoms with E-state index in [1.807, 2.05) is 0 Å². The molecular weight excluding hydrogens is 672 g/mol. The van der Waals surface area contributed by atoms with Crippen LogP contribution in [0.3, 0.4) is 0 Å². The molecule has 51 heavy (non-hydrogen) atoms. The fourth-order valence-electron chi connectivity index (χ4n) is 4.89. The molecule has 0 N–H and O–H groups in total. The third-order valence-corrected chi connectivity index (χ3v) is 7.85. The molecule has 0 amide bonds. The summed E-state index contributed by atoms with van der Waals surface area (Å²) in [7, 11) is 0. The lowest BCUT2D eigenvalue weighted by molar-refractivity contribution is -0.217. The Morgan fingerprint density at radius 3 is 0.882 bits per heavy atom. The number of aryl methyl sites for hydroxylation is 6. The number of ether oxygens (including phenoxy) is 3. The monoisotopic (exact) mass is 710 g/mol. The van der Waals surface area contributed by atoms with Crippen LogP contribution < -0.4 is 0 Å². The smallest absolute Gasteiger partial charge is 0.431 e. The van der Waals surface area contributed by atoms with Crippen molar-refractivity contribution >= 4 is 36.4 Å². The summed E-state index contributed by atoms with van der Waals surface area (Å²) in [4.78, 5) is 102. The number of carbonyl (C=O) groups excluding carboxylic acids is 6. The largest absolute Gasteiger partial charge is 0.549 e. The summed E-state index contributed by atoms with van der Waals surface area (Å²) in [5.74, 6) is -2.85. The van der Waals surface area contributed by atoms with Crippen LogP contribution in [0.5, 0.6) is 0 Å². The molecule has 0 heterocycles. The molecule has 0 aliphatic carbocycles. The van der Waals surface area contributed by atoms with Crippen LogP contribution in [0.15, 0.2) is 54.6 Å². The van der Waals surface area contributed by atoms with Crippen molar-refractivity contribution in [3.63, 3.8) is 0 Å². The van der Waals surface area contributed by atoms with Crippen LogP contribution in [-0.4, -0.2) is 56.2 Å². The Balaban J connectivity index is 1.64. The van der Waals surface area contributed by atoms with Gasteiger partial charge in [0.2, 0.25) is 0 Å². The molecule has 0 aliphatic heterocycles. The minimum Gasteiger partial charge on any atom is -0.431 e. The van der Waals surface area contributed by atoms with E-state index in [2.05, 4.69) is 29.3 Å². The van der Waals surface area contributed by atoms with Crippen LogP contribution in [0.4, 0.5) is 14.4 Å². The van der Waals surface area contributed by atoms with Crippen molar-refractivity contribution in [1.82, 2.24) is 0 Å². The first kappa shape index (κ1) is 39.3. The lowest BCUT2D eigenvalue weighted by Crippen LogP contribution is -2.39. The molecule has 0 atom stereocenters. The zero-order chi connectivity index (χ0) is 37.7. The van der Waals surface area contributed by atoms with Gasteiger partial charge in [-0.05, 0) is 81.3 Å². The molecule has 0 unspecified atom stereocenters. The van der Waals surface area contributed by atoms with Crippen LogP contribution in [-0.2, 0) is 43.5 Å². The van der Waals surface area contributed by atoms with Crippen LogP contribution in [0, 0.1) is 47.0 Å². The first-order valence-electron chi connectivity index (χ1n) is 15.5. The summed E-state index contributed by atoms with van der Waals surface area (Å²) in [5.41, 5.74) is 2.51. The summed E-state index contributed by atoms with van der Waals surface area (Å²) in [6.07, 6.45) is -4.36. The molecule has 15 heteroatoms. The number of hydrogen-bond acceptors (Lipinski definition) is 15. The summed E-state index contributed by atoms with van der Waals surface area (Å²) >= 11 is 0. The molecule has 0 aliphatic rings. The second-order valence-corrected chi connectivity index (χ2v) is 11.6. The van der Waals surface area contributed by atoms with E-state index in [9.17, 15) is 28.8 Å². The maximum absolute atomic E-state index is 12.5. The van der Waals surface area contributed by atoms with Crippen LogP contribution >= 0.6 is 0 Å². The standard InChI is InChI=1S/C36H38O15/c1-8-36(18-43-33(40)49-46-30(37)27-21(2)12-9-13-22(27)3,19-44-34(41)50-47-31(38)28-23(4)14-10-15-24(28)5)20-45-35(42)51-48-32(39)29-25(6)16-11-17-26(29)7/h9-17H,8,18-20H2,1-7H3. The van der Waals surface area contributed by atoms with Crippen molar-refractivity contribution < 1.29 is 72.3 Å². The van der Waals surface area contributed by atoms with Gasteiger partial charge < -0.3 is 14.2 Å². The van der Waals surface area contributed by atoms with Crippen molar-refractivity contribution in [3.05, 3.63) is 105 Å². The van der Waals surface area contributed by atoms with E-state index in [-0.39, 0.29) is 23.1 Å². The number of carbonyl (C=O) groups is 6. The quantitative estimate of drug-likeness (QED) is 0.0904. The van der Waals surface area contributed by atoms with Gasteiger partial charge in [-0.1, -0.05) is 61.5 Å². The Hall–Kier alpha value is -6.12. The first-order valence-corrected chi connectivity index (χ1v) is 15.5. The predicted molar refractivity (Wildman–Crippen MR) is 174 cm³/mol. The Bertz CT molecular complexity index is 1520. The van der Waals surface area contributed by atoms with Crippen molar-refractivity contribution in [2.45, 2.75) is 54.9 Å². The molecule has 3 rings (SSSR count). The highest BCUT2D eigenvalue weighted by atomic mass is 17.2. The Morgan fingerprint density at radius 2 is 0.667 bits per heavy atom. The lowest BCUT2D eigenvalue weighted by Gasteiger charge is -2.29. The van der Waals surface area contributed by atoms with Gasteiger partial charge in [-0.25, -0.2) is 43.7 Å². The highest BCUT2D eigenvalue weighted by Crippen LogP contribution is 2.26. The van der Waals surface area contributed by atoms with Gasteiger partial charge in [0.25, 0.3) is 0 Å². The molecule has 0 saturated carbocycles. The summed E-state index contributed by atoms with van der Waals surface area (Å²) in [6, 6.07) is 15.2. The fourth-order valence-corrected chi connectivity index (χ4v) is 4.89. The van der Waals surface area contributed by atoms with E-state index in [0.717, 1.165) is 0 Å². The fraction of sp³-hybridized carbons (Fsp3) is 0.333. The van der Waals surface area contributed by atoms with Gasteiger partial charge in [0.1, 0.15) is 19.8 Å². The first-order chi connectivity index (χ1) is 24.2. The van der Waals surface area contributed by atoms with Gasteiger partial charge in [-0.3, -0.25) is 0 Å². The summed E-state index contributed by atoms with van der Waals surface area (Å²) < 4.78 is 15.3. The molecule has 3 aromatic rings. The maximum Gasteiger partial charge on any atom is 0.549 e. The summed E-state index contributed by atoms with van der Waals surface area (Å²) in [5, 5.41) is 0. The molecular formula is C36H38O15. The van der Waals surface area contributed by atoms with E-state index < -0.39 is 61.6 Å². The molecule has 0 saturated heterocycles. The van der Waals surface area contributed by atoms with Gasteiger partial charge in [0, 0.05) is 0 Å². The van der Waals surface area contributed by atoms with E-state index in [1.165, 1.54) is 0 Å². The second kappa shape index (κ2) is 18.0. The molecule has 0 radical (unpaired) electrons. The Kier molecular flexibility index (Phi) is 13.9. The van der Waals surface area contributed by atoms with Gasteiger partial charge in [-0.2, -0.15) is 14.4 Å². The number of rotatable bonds is 10.